The highest BCUT2D eigenvalue weighted by molar-refractivity contribution is 5.92. The Morgan fingerprint density at radius 3 is 2.68 bits per heavy atom. The van der Waals surface area contributed by atoms with Gasteiger partial charge in [0, 0.05) is 13.0 Å². The van der Waals surface area contributed by atoms with Crippen molar-refractivity contribution in [2.45, 2.75) is 25.4 Å². The minimum Gasteiger partial charge on any atom is -0.484 e. The van der Waals surface area contributed by atoms with Gasteiger partial charge in [0.1, 0.15) is 17.6 Å². The quantitative estimate of drug-likeness (QED) is 0.749. The number of hydrogen-bond donors (Lipinski definition) is 0. The second-order valence-corrected chi connectivity index (χ2v) is 6.52. The van der Waals surface area contributed by atoms with E-state index in [4.69, 9.17) is 4.74 Å². The van der Waals surface area contributed by atoms with Crippen molar-refractivity contribution in [3.63, 3.8) is 0 Å². The summed E-state index contributed by atoms with van der Waals surface area (Å²) in [5, 5.41) is 9.28. The molecule has 0 radical (unpaired) electrons. The summed E-state index contributed by atoms with van der Waals surface area (Å²) in [6, 6.07) is 11.8. The first-order valence-corrected chi connectivity index (χ1v) is 8.70. The molecule has 1 unspecified atom stereocenters. The Balaban J connectivity index is 1.83. The van der Waals surface area contributed by atoms with Crippen molar-refractivity contribution in [2.75, 3.05) is 25.1 Å². The summed E-state index contributed by atoms with van der Waals surface area (Å²) >= 11 is 0. The molecule has 28 heavy (non-hydrogen) atoms. The zero-order chi connectivity index (χ0) is 20.3. The maximum absolute atomic E-state index is 14.7. The van der Waals surface area contributed by atoms with Crippen molar-refractivity contribution in [3.05, 3.63) is 53.2 Å². The van der Waals surface area contributed by atoms with Crippen molar-refractivity contribution in [2.24, 2.45) is 0 Å². The molecule has 1 aromatic carbocycles. The molecule has 0 saturated carbocycles. The number of methoxy groups -OCH3 is 1. The van der Waals surface area contributed by atoms with Gasteiger partial charge in [-0.2, -0.15) is 5.26 Å². The first kappa shape index (κ1) is 19.5. The van der Waals surface area contributed by atoms with Gasteiger partial charge in [-0.05, 0) is 30.7 Å². The van der Waals surface area contributed by atoms with Crippen molar-refractivity contribution in [1.29, 1.82) is 5.26 Å². The molecule has 1 fully saturated rings. The van der Waals surface area contributed by atoms with Gasteiger partial charge in [-0.25, -0.2) is 18.6 Å². The largest absolute Gasteiger partial charge is 0.484 e. The van der Waals surface area contributed by atoms with Crippen molar-refractivity contribution >= 4 is 11.8 Å². The van der Waals surface area contributed by atoms with E-state index in [0.717, 1.165) is 0 Å². The number of carbonyl (C=O) groups is 1. The van der Waals surface area contributed by atoms with E-state index in [2.05, 4.69) is 9.72 Å². The zero-order valence-electron chi connectivity index (χ0n) is 15.5. The Bertz CT molecular complexity index is 913. The zero-order valence-corrected chi connectivity index (χ0v) is 15.5. The molecule has 1 aromatic heterocycles. The van der Waals surface area contributed by atoms with Crippen LogP contribution < -0.4 is 9.64 Å². The Kier molecular flexibility index (Phi) is 5.45. The number of aryl methyl sites for hydroxylation is 1. The maximum Gasteiger partial charge on any atom is 0.340 e. The number of anilines is 1. The minimum absolute atomic E-state index is 0.0142. The summed E-state index contributed by atoms with van der Waals surface area (Å²) in [4.78, 5) is 17.4. The molecule has 146 valence electrons. The first-order valence-electron chi connectivity index (χ1n) is 8.70. The van der Waals surface area contributed by atoms with Crippen molar-refractivity contribution < 1.29 is 23.0 Å². The Morgan fingerprint density at radius 1 is 1.36 bits per heavy atom. The van der Waals surface area contributed by atoms with E-state index >= 15 is 0 Å². The van der Waals surface area contributed by atoms with Crippen LogP contribution in [0.5, 0.6) is 5.75 Å². The van der Waals surface area contributed by atoms with Gasteiger partial charge in [-0.3, -0.25) is 0 Å². The predicted octanol–water partition coefficient (Wildman–Crippen LogP) is 3.34. The highest BCUT2D eigenvalue weighted by Crippen LogP contribution is 2.34. The van der Waals surface area contributed by atoms with E-state index in [1.165, 1.54) is 18.1 Å². The summed E-state index contributed by atoms with van der Waals surface area (Å²) in [7, 11) is 1.20. The average Bonchev–Trinajstić information content (AvgIpc) is 2.69. The number of piperidine rings is 1. The lowest BCUT2D eigenvalue weighted by atomic mass is 10.0. The number of alkyl halides is 2. The normalized spacial score (nSPS) is 18.2. The van der Waals surface area contributed by atoms with E-state index in [1.807, 2.05) is 6.07 Å². The molecule has 0 aliphatic carbocycles. The molecule has 0 bridgehead atoms. The smallest absolute Gasteiger partial charge is 0.340 e. The molecule has 0 N–H and O–H groups in total. The highest BCUT2D eigenvalue weighted by Gasteiger charge is 2.47. The number of nitrogens with zero attached hydrogens (tertiary/aromatic N) is 3. The van der Waals surface area contributed by atoms with E-state index < -0.39 is 24.5 Å². The fourth-order valence-corrected chi connectivity index (χ4v) is 3.18. The van der Waals surface area contributed by atoms with Crippen LogP contribution in [-0.4, -0.2) is 43.2 Å². The SMILES string of the molecule is COC(=O)c1cc(C)c(N2CCC(Oc3ccccc3)C(F)(F)C2)nc1C#N. The maximum atomic E-state index is 14.7. The number of benzene rings is 1. The molecular weight excluding hydrogens is 368 g/mol. The van der Waals surface area contributed by atoms with E-state index in [-0.39, 0.29) is 30.0 Å². The summed E-state index contributed by atoms with van der Waals surface area (Å²) < 4.78 is 39.6. The van der Waals surface area contributed by atoms with Gasteiger partial charge in [0.15, 0.2) is 11.8 Å². The van der Waals surface area contributed by atoms with Gasteiger partial charge in [0.2, 0.25) is 0 Å². The predicted molar refractivity (Wildman–Crippen MR) is 97.7 cm³/mol. The fraction of sp³-hybridized carbons (Fsp3) is 0.350. The lowest BCUT2D eigenvalue weighted by Crippen LogP contribution is -2.54. The topological polar surface area (TPSA) is 75.4 Å². The molecule has 1 aliphatic heterocycles. The Labute approximate surface area is 161 Å². The number of hydrogen-bond acceptors (Lipinski definition) is 6. The number of pyridine rings is 1. The molecule has 1 aliphatic rings. The van der Waals surface area contributed by atoms with Crippen molar-refractivity contribution in [3.8, 4) is 11.8 Å². The highest BCUT2D eigenvalue weighted by atomic mass is 19.3. The molecule has 2 aromatic rings. The number of carbonyl (C=O) groups excluding carboxylic acids is 1. The van der Waals surface area contributed by atoms with Crippen LogP contribution >= 0.6 is 0 Å². The molecule has 6 nitrogen and oxygen atoms in total. The third-order valence-corrected chi connectivity index (χ3v) is 4.55. The van der Waals surface area contributed by atoms with Crippen LogP contribution in [0, 0.1) is 18.3 Å². The molecule has 2 heterocycles. The summed E-state index contributed by atoms with van der Waals surface area (Å²) in [5.41, 5.74) is 0.372. The minimum atomic E-state index is -3.12. The fourth-order valence-electron chi connectivity index (χ4n) is 3.18. The van der Waals surface area contributed by atoms with Crippen molar-refractivity contribution in [1.82, 2.24) is 4.98 Å². The number of ether oxygens (including phenoxy) is 2. The number of aromatic nitrogens is 1. The third-order valence-electron chi connectivity index (χ3n) is 4.55. The van der Waals surface area contributed by atoms with E-state index in [0.29, 0.717) is 11.3 Å². The molecule has 8 heteroatoms. The van der Waals surface area contributed by atoms with E-state index in [9.17, 15) is 18.8 Å². The standard InChI is InChI=1S/C20H19F2N3O3/c1-13-10-15(19(26)27-2)16(11-23)24-18(13)25-9-8-17(20(21,22)12-25)28-14-6-4-3-5-7-14/h3-7,10,17H,8-9,12H2,1-2H3. The summed E-state index contributed by atoms with van der Waals surface area (Å²) in [6.07, 6.45) is -1.17. The number of esters is 1. The number of nitriles is 1. The van der Waals surface area contributed by atoms with Gasteiger partial charge in [0.05, 0.1) is 19.2 Å². The van der Waals surface area contributed by atoms with Gasteiger partial charge in [-0.1, -0.05) is 18.2 Å². The lowest BCUT2D eigenvalue weighted by Gasteiger charge is -2.39. The summed E-state index contributed by atoms with van der Waals surface area (Å²) in [6.45, 7) is 1.34. The van der Waals surface area contributed by atoms with Gasteiger partial charge >= 0.3 is 11.9 Å². The van der Waals surface area contributed by atoms with Crippen LogP contribution in [0.3, 0.4) is 0 Å². The molecular formula is C20H19F2N3O3. The Hall–Kier alpha value is -3.21. The molecule has 0 amide bonds. The second kappa shape index (κ2) is 7.80. The van der Waals surface area contributed by atoms with E-state index in [1.54, 1.807) is 37.3 Å². The van der Waals surface area contributed by atoms with Gasteiger partial charge in [0.25, 0.3) is 0 Å². The molecule has 3 rings (SSSR count). The van der Waals surface area contributed by atoms with Gasteiger partial charge in [-0.15, -0.1) is 0 Å². The number of para-hydroxylation sites is 1. The Morgan fingerprint density at radius 2 is 2.07 bits per heavy atom. The molecule has 1 saturated heterocycles. The van der Waals surface area contributed by atoms with Crippen LogP contribution in [0.1, 0.15) is 28.0 Å². The van der Waals surface area contributed by atoms with Crippen LogP contribution in [0.15, 0.2) is 36.4 Å². The average molecular weight is 387 g/mol. The van der Waals surface area contributed by atoms with Crippen LogP contribution in [-0.2, 0) is 4.74 Å². The lowest BCUT2D eigenvalue weighted by molar-refractivity contribution is -0.101. The number of halogens is 2. The van der Waals surface area contributed by atoms with Gasteiger partial charge < -0.3 is 14.4 Å². The molecule has 1 atom stereocenters. The van der Waals surface area contributed by atoms with Crippen LogP contribution in [0.25, 0.3) is 0 Å². The first-order chi connectivity index (χ1) is 13.4. The monoisotopic (exact) mass is 387 g/mol. The van der Waals surface area contributed by atoms with Crippen LogP contribution in [0.2, 0.25) is 0 Å². The molecule has 0 spiro atoms. The summed E-state index contributed by atoms with van der Waals surface area (Å²) in [5.74, 6) is -3.17. The number of rotatable bonds is 4. The van der Waals surface area contributed by atoms with Crippen LogP contribution in [0.4, 0.5) is 14.6 Å². The second-order valence-electron chi connectivity index (χ2n) is 6.52. The third kappa shape index (κ3) is 3.88.